The Labute approximate surface area is 218 Å². The topological polar surface area (TPSA) is 83.1 Å². The highest BCUT2D eigenvalue weighted by Crippen LogP contribution is 2.44. The zero-order valence-corrected chi connectivity index (χ0v) is 21.8. The van der Waals surface area contributed by atoms with E-state index in [1.165, 1.54) is 0 Å². The second-order valence-electron chi connectivity index (χ2n) is 10.3. The van der Waals surface area contributed by atoms with Crippen LogP contribution in [0.4, 0.5) is 17.2 Å². The third-order valence-corrected chi connectivity index (χ3v) is 7.96. The SMILES string of the molecule is CC#CC(=O)N1CC[C@@H](N2CC(c3cc4c(c(C)n3)O[C@@H](C)c3c(N5CCOCC5)ccnc3N4)C2)C1. The van der Waals surface area contributed by atoms with Gasteiger partial charge in [0.25, 0.3) is 5.91 Å². The number of hydrogen-bond donors (Lipinski definition) is 1. The summed E-state index contributed by atoms with van der Waals surface area (Å²) in [5.41, 5.74) is 5.11. The number of aromatic nitrogens is 2. The number of rotatable bonds is 3. The minimum Gasteiger partial charge on any atom is -0.482 e. The van der Waals surface area contributed by atoms with Crippen molar-refractivity contribution in [3.63, 3.8) is 0 Å². The number of aryl methyl sites for hydroxylation is 1. The van der Waals surface area contributed by atoms with Crippen LogP contribution in [0.3, 0.4) is 0 Å². The normalized spacial score (nSPS) is 23.5. The molecule has 0 aromatic carbocycles. The van der Waals surface area contributed by atoms with Gasteiger partial charge in [-0.25, -0.2) is 4.98 Å². The molecule has 6 heterocycles. The van der Waals surface area contributed by atoms with Crippen LogP contribution in [0, 0.1) is 18.8 Å². The fourth-order valence-corrected chi connectivity index (χ4v) is 5.95. The Morgan fingerprint density at radius 2 is 2.00 bits per heavy atom. The predicted molar refractivity (Wildman–Crippen MR) is 141 cm³/mol. The number of likely N-dealkylation sites (tertiary alicyclic amines) is 2. The van der Waals surface area contributed by atoms with E-state index in [1.807, 2.05) is 18.0 Å². The van der Waals surface area contributed by atoms with Crippen molar-refractivity contribution in [2.24, 2.45) is 0 Å². The molecule has 0 aliphatic carbocycles. The van der Waals surface area contributed by atoms with Crippen LogP contribution >= 0.6 is 0 Å². The Balaban J connectivity index is 1.19. The van der Waals surface area contributed by atoms with Crippen LogP contribution in [-0.4, -0.2) is 84.2 Å². The fourth-order valence-electron chi connectivity index (χ4n) is 5.95. The number of carbonyl (C=O) groups is 1. The lowest BCUT2D eigenvalue weighted by molar-refractivity contribution is -0.124. The minimum atomic E-state index is -0.161. The summed E-state index contributed by atoms with van der Waals surface area (Å²) < 4.78 is 12.1. The van der Waals surface area contributed by atoms with Crippen molar-refractivity contribution in [1.29, 1.82) is 0 Å². The molecule has 9 nitrogen and oxygen atoms in total. The van der Waals surface area contributed by atoms with Gasteiger partial charge in [0.15, 0.2) is 5.75 Å². The fraction of sp³-hybridized carbons (Fsp3) is 0.536. The van der Waals surface area contributed by atoms with Crippen molar-refractivity contribution in [3.05, 3.63) is 35.3 Å². The molecule has 2 aromatic heterocycles. The van der Waals surface area contributed by atoms with Gasteiger partial charge < -0.3 is 24.6 Å². The van der Waals surface area contributed by atoms with Gasteiger partial charge in [-0.15, -0.1) is 0 Å². The van der Waals surface area contributed by atoms with E-state index in [1.54, 1.807) is 6.92 Å². The van der Waals surface area contributed by atoms with Crippen molar-refractivity contribution in [2.75, 3.05) is 62.7 Å². The van der Waals surface area contributed by atoms with Crippen molar-refractivity contribution >= 4 is 23.1 Å². The van der Waals surface area contributed by atoms with Gasteiger partial charge in [0.1, 0.15) is 11.9 Å². The first-order chi connectivity index (χ1) is 18.0. The van der Waals surface area contributed by atoms with Crippen LogP contribution in [0.5, 0.6) is 5.75 Å². The van der Waals surface area contributed by atoms with Crippen molar-refractivity contribution < 1.29 is 14.3 Å². The summed E-state index contributed by atoms with van der Waals surface area (Å²) in [6, 6.07) is 4.61. The van der Waals surface area contributed by atoms with E-state index < -0.39 is 0 Å². The second-order valence-corrected chi connectivity index (χ2v) is 10.3. The number of amides is 1. The van der Waals surface area contributed by atoms with Gasteiger partial charge >= 0.3 is 0 Å². The number of carbonyl (C=O) groups excluding carboxylic acids is 1. The second kappa shape index (κ2) is 9.84. The van der Waals surface area contributed by atoms with E-state index >= 15 is 0 Å². The van der Waals surface area contributed by atoms with E-state index in [-0.39, 0.29) is 12.0 Å². The standard InChI is InChI=1S/C28H34N6O3/c1-4-5-25(35)33-9-7-21(17-33)34-15-20(16-34)22-14-23-27(18(2)30-22)37-19(3)26-24(6-8-29-28(26)31-23)32-10-12-36-13-11-32/h6,8,14,19-21H,7,9-13,15-17H2,1-3H3,(H,29,31)/t19-,21+/m0/s1. The third-order valence-electron chi connectivity index (χ3n) is 7.96. The molecular weight excluding hydrogens is 468 g/mol. The highest BCUT2D eigenvalue weighted by molar-refractivity contribution is 5.93. The van der Waals surface area contributed by atoms with Crippen molar-refractivity contribution in [3.8, 4) is 17.6 Å². The average Bonchev–Trinajstić information content (AvgIpc) is 3.30. The molecule has 2 aromatic rings. The van der Waals surface area contributed by atoms with E-state index in [4.69, 9.17) is 19.4 Å². The number of nitrogens with zero attached hydrogens (tertiary/aromatic N) is 5. The molecule has 0 radical (unpaired) electrons. The Bertz CT molecular complexity index is 1260. The Kier molecular flexibility index (Phi) is 6.39. The highest BCUT2D eigenvalue weighted by atomic mass is 16.5. The molecule has 9 heteroatoms. The van der Waals surface area contributed by atoms with Crippen molar-refractivity contribution in [1.82, 2.24) is 19.8 Å². The molecule has 4 aliphatic rings. The van der Waals surface area contributed by atoms with E-state index in [0.29, 0.717) is 12.0 Å². The Morgan fingerprint density at radius 3 is 2.78 bits per heavy atom. The molecule has 1 amide bonds. The summed E-state index contributed by atoms with van der Waals surface area (Å²) in [6.45, 7) is 12.4. The Morgan fingerprint density at radius 1 is 1.19 bits per heavy atom. The maximum atomic E-state index is 12.1. The number of fused-ring (bicyclic) bond motifs is 2. The first kappa shape index (κ1) is 24.0. The molecule has 0 bridgehead atoms. The maximum absolute atomic E-state index is 12.1. The van der Waals surface area contributed by atoms with Gasteiger partial charge in [-0.05, 0) is 45.2 Å². The van der Waals surface area contributed by atoms with E-state index in [0.717, 1.165) is 98.8 Å². The molecule has 194 valence electrons. The number of nitrogens with one attached hydrogen (secondary N) is 1. The summed E-state index contributed by atoms with van der Waals surface area (Å²) in [5.74, 6) is 7.32. The quantitative estimate of drug-likeness (QED) is 0.642. The Hall–Kier alpha value is -3.35. The van der Waals surface area contributed by atoms with E-state index in [9.17, 15) is 4.79 Å². The predicted octanol–water partition coefficient (Wildman–Crippen LogP) is 2.84. The van der Waals surface area contributed by atoms with Gasteiger partial charge in [-0.3, -0.25) is 14.7 Å². The van der Waals surface area contributed by atoms with E-state index in [2.05, 4.69) is 46.0 Å². The lowest BCUT2D eigenvalue weighted by Gasteiger charge is -2.43. The third kappa shape index (κ3) is 4.49. The summed E-state index contributed by atoms with van der Waals surface area (Å²) >= 11 is 0. The monoisotopic (exact) mass is 502 g/mol. The zero-order valence-electron chi connectivity index (χ0n) is 21.8. The summed E-state index contributed by atoms with van der Waals surface area (Å²) in [5, 5.41) is 3.59. The smallest absolute Gasteiger partial charge is 0.298 e. The molecule has 3 saturated heterocycles. The number of morpholine rings is 1. The number of anilines is 3. The van der Waals surface area contributed by atoms with Crippen LogP contribution in [-0.2, 0) is 9.53 Å². The molecule has 0 spiro atoms. The summed E-state index contributed by atoms with van der Waals surface area (Å²) in [4.78, 5) is 28.5. The number of pyridine rings is 2. The first-order valence-electron chi connectivity index (χ1n) is 13.2. The maximum Gasteiger partial charge on any atom is 0.298 e. The summed E-state index contributed by atoms with van der Waals surface area (Å²) in [6.07, 6.45) is 2.71. The van der Waals surface area contributed by atoms with Crippen LogP contribution in [0.1, 0.15) is 49.2 Å². The molecule has 0 unspecified atom stereocenters. The van der Waals surface area contributed by atoms with Crippen LogP contribution in [0.2, 0.25) is 0 Å². The zero-order chi connectivity index (χ0) is 25.5. The lowest BCUT2D eigenvalue weighted by atomic mass is 9.92. The van der Waals surface area contributed by atoms with Crippen LogP contribution in [0.15, 0.2) is 18.3 Å². The van der Waals surface area contributed by atoms with Gasteiger partial charge in [0.2, 0.25) is 0 Å². The number of hydrogen-bond acceptors (Lipinski definition) is 8. The average molecular weight is 503 g/mol. The van der Waals surface area contributed by atoms with Gasteiger partial charge in [0.05, 0.1) is 30.2 Å². The molecule has 6 rings (SSSR count). The number of ether oxygens (including phenoxy) is 2. The molecule has 0 saturated carbocycles. The summed E-state index contributed by atoms with van der Waals surface area (Å²) in [7, 11) is 0. The van der Waals surface area contributed by atoms with Crippen LogP contribution in [0.25, 0.3) is 0 Å². The van der Waals surface area contributed by atoms with Gasteiger partial charge in [-0.1, -0.05) is 5.92 Å². The molecule has 37 heavy (non-hydrogen) atoms. The molecule has 4 aliphatic heterocycles. The molecular formula is C28H34N6O3. The largest absolute Gasteiger partial charge is 0.482 e. The molecule has 2 atom stereocenters. The highest BCUT2D eigenvalue weighted by Gasteiger charge is 2.39. The minimum absolute atomic E-state index is 0.0592. The molecule has 1 N–H and O–H groups in total. The first-order valence-corrected chi connectivity index (χ1v) is 13.2. The van der Waals surface area contributed by atoms with Gasteiger partial charge in [-0.2, -0.15) is 0 Å². The van der Waals surface area contributed by atoms with Crippen LogP contribution < -0.4 is 15.0 Å². The van der Waals surface area contributed by atoms with Crippen molar-refractivity contribution in [2.45, 2.75) is 45.3 Å². The van der Waals surface area contributed by atoms with Gasteiger partial charge in [0, 0.05) is 68.8 Å². The lowest BCUT2D eigenvalue weighted by Crippen LogP contribution is -2.52. The molecule has 3 fully saturated rings.